The second kappa shape index (κ2) is 5.80. The van der Waals surface area contributed by atoms with Crippen LogP contribution in [0.2, 0.25) is 5.02 Å². The van der Waals surface area contributed by atoms with Crippen LogP contribution in [0.5, 0.6) is 11.5 Å². The Bertz CT molecular complexity index is 305. The zero-order valence-electron chi connectivity index (χ0n) is 8.75. The normalized spacial score (nSPS) is 10.1. The molecule has 0 aliphatic rings. The van der Waals surface area contributed by atoms with Gasteiger partial charge in [0.05, 0.1) is 7.11 Å². The van der Waals surface area contributed by atoms with Crippen molar-refractivity contribution in [1.82, 2.24) is 0 Å². The molecule has 0 aliphatic carbocycles. The second-order valence-electron chi connectivity index (χ2n) is 2.85. The number of rotatable bonds is 5. The van der Waals surface area contributed by atoms with E-state index in [1.165, 1.54) is 0 Å². The molecule has 1 rings (SSSR count). The Kier molecular flexibility index (Phi) is 4.68. The molecule has 5 heteroatoms. The van der Waals surface area contributed by atoms with Crippen molar-refractivity contribution in [2.24, 2.45) is 5.73 Å². The van der Waals surface area contributed by atoms with Gasteiger partial charge in [-0.25, -0.2) is 0 Å². The van der Waals surface area contributed by atoms with Crippen molar-refractivity contribution >= 4 is 11.6 Å². The smallest absolute Gasteiger partial charge is 0.188 e. The molecule has 0 radical (unpaired) electrons. The molecule has 0 heterocycles. The zero-order chi connectivity index (χ0) is 11.3. The van der Waals surface area contributed by atoms with Crippen molar-refractivity contribution in [1.29, 1.82) is 0 Å². The molecule has 0 saturated carbocycles. The standard InChI is InChI=1S/C10H14ClNO3/c1-13-6-15-10-7(5-12)3-8(11)4-9(10)14-2/h3-4H,5-6,12H2,1-2H3. The molecule has 0 spiro atoms. The minimum Gasteiger partial charge on any atom is -0.493 e. The predicted octanol–water partition coefficient (Wildman–Crippen LogP) is 1.79. The first-order chi connectivity index (χ1) is 7.22. The van der Waals surface area contributed by atoms with Crippen molar-refractivity contribution in [3.63, 3.8) is 0 Å². The van der Waals surface area contributed by atoms with Crippen LogP contribution in [-0.4, -0.2) is 21.0 Å². The molecule has 0 aromatic heterocycles. The van der Waals surface area contributed by atoms with Crippen LogP contribution in [0, 0.1) is 0 Å². The van der Waals surface area contributed by atoms with Crippen LogP contribution in [0.3, 0.4) is 0 Å². The maximum absolute atomic E-state index is 5.89. The second-order valence-corrected chi connectivity index (χ2v) is 3.29. The van der Waals surface area contributed by atoms with Crippen LogP contribution in [-0.2, 0) is 11.3 Å². The van der Waals surface area contributed by atoms with E-state index in [0.29, 0.717) is 23.1 Å². The molecule has 0 unspecified atom stereocenters. The van der Waals surface area contributed by atoms with Crippen molar-refractivity contribution in [2.45, 2.75) is 6.54 Å². The highest BCUT2D eigenvalue weighted by molar-refractivity contribution is 6.30. The summed E-state index contributed by atoms with van der Waals surface area (Å²) in [5, 5.41) is 0.567. The van der Waals surface area contributed by atoms with E-state index in [1.807, 2.05) is 0 Å². The van der Waals surface area contributed by atoms with Gasteiger partial charge in [0.25, 0.3) is 0 Å². The molecule has 0 atom stereocenters. The lowest BCUT2D eigenvalue weighted by Crippen LogP contribution is -2.06. The zero-order valence-corrected chi connectivity index (χ0v) is 9.50. The monoisotopic (exact) mass is 231 g/mol. The number of methoxy groups -OCH3 is 2. The lowest BCUT2D eigenvalue weighted by molar-refractivity contribution is 0.0484. The van der Waals surface area contributed by atoms with Crippen LogP contribution in [0.25, 0.3) is 0 Å². The van der Waals surface area contributed by atoms with Crippen LogP contribution in [0.1, 0.15) is 5.56 Å². The molecule has 0 saturated heterocycles. The quantitative estimate of drug-likeness (QED) is 0.785. The van der Waals surface area contributed by atoms with E-state index in [2.05, 4.69) is 0 Å². The van der Waals surface area contributed by atoms with Crippen molar-refractivity contribution < 1.29 is 14.2 Å². The van der Waals surface area contributed by atoms with Gasteiger partial charge in [-0.05, 0) is 6.07 Å². The van der Waals surface area contributed by atoms with E-state index in [9.17, 15) is 0 Å². The lowest BCUT2D eigenvalue weighted by atomic mass is 10.2. The van der Waals surface area contributed by atoms with Gasteiger partial charge in [-0.2, -0.15) is 0 Å². The van der Waals surface area contributed by atoms with E-state index < -0.39 is 0 Å². The summed E-state index contributed by atoms with van der Waals surface area (Å²) in [7, 11) is 3.09. The predicted molar refractivity (Wildman–Crippen MR) is 58.4 cm³/mol. The Morgan fingerprint density at radius 2 is 2.07 bits per heavy atom. The van der Waals surface area contributed by atoms with E-state index in [-0.39, 0.29) is 6.79 Å². The lowest BCUT2D eigenvalue weighted by Gasteiger charge is -2.14. The highest BCUT2D eigenvalue weighted by Gasteiger charge is 2.11. The Balaban J connectivity index is 3.06. The third-order valence-electron chi connectivity index (χ3n) is 1.86. The summed E-state index contributed by atoms with van der Waals surface area (Å²) in [6, 6.07) is 3.42. The van der Waals surface area contributed by atoms with Crippen LogP contribution in [0.15, 0.2) is 12.1 Å². The number of ether oxygens (including phenoxy) is 3. The fraction of sp³-hybridized carbons (Fsp3) is 0.400. The first-order valence-electron chi connectivity index (χ1n) is 4.41. The largest absolute Gasteiger partial charge is 0.493 e. The summed E-state index contributed by atoms with van der Waals surface area (Å²) in [5.74, 6) is 1.13. The molecule has 1 aromatic rings. The highest BCUT2D eigenvalue weighted by atomic mass is 35.5. The Morgan fingerprint density at radius 3 is 2.60 bits per heavy atom. The third kappa shape index (κ3) is 2.99. The fourth-order valence-corrected chi connectivity index (χ4v) is 1.44. The van der Waals surface area contributed by atoms with Gasteiger partial charge >= 0.3 is 0 Å². The molecule has 0 fully saturated rings. The summed E-state index contributed by atoms with van der Waals surface area (Å²) in [6.07, 6.45) is 0. The van der Waals surface area contributed by atoms with Crippen molar-refractivity contribution in [2.75, 3.05) is 21.0 Å². The van der Waals surface area contributed by atoms with Crippen molar-refractivity contribution in [3.05, 3.63) is 22.7 Å². The van der Waals surface area contributed by atoms with Crippen molar-refractivity contribution in [3.8, 4) is 11.5 Å². The third-order valence-corrected chi connectivity index (χ3v) is 2.08. The van der Waals surface area contributed by atoms with Gasteiger partial charge in [-0.15, -0.1) is 0 Å². The molecule has 1 aromatic carbocycles. The minimum absolute atomic E-state index is 0.144. The van der Waals surface area contributed by atoms with Gasteiger partial charge in [0.2, 0.25) is 0 Å². The molecular weight excluding hydrogens is 218 g/mol. The summed E-state index contributed by atoms with van der Waals surface area (Å²) < 4.78 is 15.3. The maximum Gasteiger partial charge on any atom is 0.188 e. The topological polar surface area (TPSA) is 53.7 Å². The molecule has 4 nitrogen and oxygen atoms in total. The van der Waals surface area contributed by atoms with E-state index in [4.69, 9.17) is 31.5 Å². The number of hydrogen-bond acceptors (Lipinski definition) is 4. The van der Waals surface area contributed by atoms with Gasteiger partial charge in [-0.1, -0.05) is 11.6 Å². The average molecular weight is 232 g/mol. The SMILES string of the molecule is COCOc1c(CN)cc(Cl)cc1OC. The fourth-order valence-electron chi connectivity index (χ4n) is 1.21. The molecule has 84 valence electrons. The highest BCUT2D eigenvalue weighted by Crippen LogP contribution is 2.34. The number of nitrogens with two attached hydrogens (primary N) is 1. The number of benzene rings is 1. The summed E-state index contributed by atoms with van der Waals surface area (Å²) in [6.45, 7) is 0.473. The molecular formula is C10H14ClNO3. The van der Waals surface area contributed by atoms with Gasteiger partial charge < -0.3 is 19.9 Å². The average Bonchev–Trinajstić information content (AvgIpc) is 2.26. The maximum atomic E-state index is 5.89. The molecule has 2 N–H and O–H groups in total. The van der Waals surface area contributed by atoms with Gasteiger partial charge in [-0.3, -0.25) is 0 Å². The van der Waals surface area contributed by atoms with Crippen LogP contribution < -0.4 is 15.2 Å². The van der Waals surface area contributed by atoms with E-state index in [1.54, 1.807) is 26.4 Å². The Hall–Kier alpha value is -0.970. The van der Waals surface area contributed by atoms with Crippen LogP contribution in [0.4, 0.5) is 0 Å². The number of halogens is 1. The van der Waals surface area contributed by atoms with Gasteiger partial charge in [0.15, 0.2) is 18.3 Å². The summed E-state index contributed by atoms with van der Waals surface area (Å²) in [5.41, 5.74) is 6.37. The minimum atomic E-state index is 0.144. The van der Waals surface area contributed by atoms with Gasteiger partial charge in [0.1, 0.15) is 0 Å². The first-order valence-corrected chi connectivity index (χ1v) is 4.79. The number of hydrogen-bond donors (Lipinski definition) is 1. The van der Waals surface area contributed by atoms with E-state index >= 15 is 0 Å². The molecule has 0 aliphatic heterocycles. The molecule has 0 bridgehead atoms. The Morgan fingerprint density at radius 1 is 1.33 bits per heavy atom. The Labute approximate surface area is 93.9 Å². The summed E-state index contributed by atoms with van der Waals surface area (Å²) in [4.78, 5) is 0. The van der Waals surface area contributed by atoms with E-state index in [0.717, 1.165) is 5.56 Å². The van der Waals surface area contributed by atoms with Gasteiger partial charge in [0, 0.05) is 30.3 Å². The summed E-state index contributed by atoms with van der Waals surface area (Å²) >= 11 is 5.89. The molecule has 15 heavy (non-hydrogen) atoms. The van der Waals surface area contributed by atoms with Crippen LogP contribution >= 0.6 is 11.6 Å². The first kappa shape index (κ1) is 12.1. The molecule has 0 amide bonds.